The zero-order valence-electron chi connectivity index (χ0n) is 12.2. The van der Waals surface area contributed by atoms with Gasteiger partial charge in [0.05, 0.1) is 17.5 Å². The van der Waals surface area contributed by atoms with Crippen LogP contribution < -0.4 is 4.90 Å². The molecule has 1 aromatic rings. The SMILES string of the molecule is CCOC(=O)C1(C)C(C(C)=O)CCCN1c1cccs1. The van der Waals surface area contributed by atoms with E-state index in [1.54, 1.807) is 25.2 Å². The van der Waals surface area contributed by atoms with E-state index in [1.165, 1.54) is 0 Å². The van der Waals surface area contributed by atoms with Gasteiger partial charge >= 0.3 is 5.97 Å². The lowest BCUT2D eigenvalue weighted by Gasteiger charge is -2.47. The highest BCUT2D eigenvalue weighted by atomic mass is 32.1. The van der Waals surface area contributed by atoms with Gasteiger partial charge in [-0.15, -0.1) is 11.3 Å². The largest absolute Gasteiger partial charge is 0.464 e. The van der Waals surface area contributed by atoms with Gasteiger partial charge < -0.3 is 9.64 Å². The Balaban J connectivity index is 2.43. The van der Waals surface area contributed by atoms with Crippen molar-refractivity contribution >= 4 is 28.1 Å². The van der Waals surface area contributed by atoms with Gasteiger partial charge in [-0.1, -0.05) is 0 Å². The highest BCUT2D eigenvalue weighted by Crippen LogP contribution is 2.40. The predicted octanol–water partition coefficient (Wildman–Crippen LogP) is 2.88. The number of piperidine rings is 1. The molecule has 1 aromatic heterocycles. The number of ketones is 1. The Morgan fingerprint density at radius 2 is 2.30 bits per heavy atom. The Kier molecular flexibility index (Phi) is 4.48. The first-order valence-electron chi connectivity index (χ1n) is 7.00. The van der Waals surface area contributed by atoms with Crippen molar-refractivity contribution in [1.82, 2.24) is 0 Å². The Morgan fingerprint density at radius 3 is 2.85 bits per heavy atom. The number of carbonyl (C=O) groups is 2. The van der Waals surface area contributed by atoms with E-state index in [-0.39, 0.29) is 17.7 Å². The molecule has 0 spiro atoms. The molecule has 1 aliphatic rings. The number of Topliss-reactive ketones (excluding diaryl/α,β-unsaturated/α-hetero) is 1. The summed E-state index contributed by atoms with van der Waals surface area (Å²) in [5.41, 5.74) is -0.898. The number of rotatable bonds is 4. The monoisotopic (exact) mass is 295 g/mol. The third kappa shape index (κ3) is 2.46. The zero-order chi connectivity index (χ0) is 14.8. The van der Waals surface area contributed by atoms with E-state index in [0.29, 0.717) is 6.61 Å². The van der Waals surface area contributed by atoms with Crippen molar-refractivity contribution < 1.29 is 14.3 Å². The van der Waals surface area contributed by atoms with Crippen LogP contribution in [0.2, 0.25) is 0 Å². The third-order valence-corrected chi connectivity index (χ3v) is 4.96. The Labute approximate surface area is 123 Å². The van der Waals surface area contributed by atoms with Gasteiger partial charge in [-0.2, -0.15) is 0 Å². The van der Waals surface area contributed by atoms with Crippen molar-refractivity contribution in [3.8, 4) is 0 Å². The quantitative estimate of drug-likeness (QED) is 0.801. The third-order valence-electron chi connectivity index (χ3n) is 4.07. The van der Waals surface area contributed by atoms with Gasteiger partial charge in [0.1, 0.15) is 11.3 Å². The molecule has 110 valence electrons. The van der Waals surface area contributed by atoms with Crippen LogP contribution in [0.5, 0.6) is 0 Å². The van der Waals surface area contributed by atoms with Crippen molar-refractivity contribution in [1.29, 1.82) is 0 Å². The fourth-order valence-corrected chi connectivity index (χ4v) is 3.91. The van der Waals surface area contributed by atoms with E-state index < -0.39 is 5.54 Å². The van der Waals surface area contributed by atoms with E-state index in [0.717, 1.165) is 24.4 Å². The molecule has 0 aromatic carbocycles. The van der Waals surface area contributed by atoms with Gasteiger partial charge in [0.15, 0.2) is 0 Å². The first kappa shape index (κ1) is 15.0. The topological polar surface area (TPSA) is 46.6 Å². The molecule has 1 saturated heterocycles. The Bertz CT molecular complexity index is 485. The smallest absolute Gasteiger partial charge is 0.332 e. The molecule has 2 unspecified atom stereocenters. The van der Waals surface area contributed by atoms with Crippen molar-refractivity contribution in [2.24, 2.45) is 5.92 Å². The summed E-state index contributed by atoms with van der Waals surface area (Å²) >= 11 is 1.59. The van der Waals surface area contributed by atoms with Crippen LogP contribution in [-0.2, 0) is 14.3 Å². The number of esters is 1. The summed E-state index contributed by atoms with van der Waals surface area (Å²) in [4.78, 5) is 26.6. The molecule has 0 N–H and O–H groups in total. The number of anilines is 1. The van der Waals surface area contributed by atoms with Gasteiger partial charge in [0.25, 0.3) is 0 Å². The first-order valence-corrected chi connectivity index (χ1v) is 7.88. The van der Waals surface area contributed by atoms with Crippen molar-refractivity contribution in [2.75, 3.05) is 18.1 Å². The summed E-state index contributed by atoms with van der Waals surface area (Å²) in [6, 6.07) is 3.95. The molecular formula is C15H21NO3S. The summed E-state index contributed by atoms with van der Waals surface area (Å²) in [5.74, 6) is -0.549. The van der Waals surface area contributed by atoms with Crippen LogP contribution in [0.1, 0.15) is 33.6 Å². The van der Waals surface area contributed by atoms with Crippen molar-refractivity contribution in [2.45, 2.75) is 39.2 Å². The minimum Gasteiger partial charge on any atom is -0.464 e. The van der Waals surface area contributed by atoms with Gasteiger partial charge in [0, 0.05) is 6.54 Å². The number of hydrogen-bond acceptors (Lipinski definition) is 5. The highest BCUT2D eigenvalue weighted by molar-refractivity contribution is 7.14. The molecule has 0 bridgehead atoms. The van der Waals surface area contributed by atoms with Crippen LogP contribution >= 0.6 is 11.3 Å². The second kappa shape index (κ2) is 5.95. The molecule has 4 nitrogen and oxygen atoms in total. The van der Waals surface area contributed by atoms with Gasteiger partial charge in [-0.25, -0.2) is 4.79 Å². The fourth-order valence-electron chi connectivity index (χ4n) is 3.05. The maximum Gasteiger partial charge on any atom is 0.332 e. The molecular weight excluding hydrogens is 274 g/mol. The predicted molar refractivity (Wildman–Crippen MR) is 80.1 cm³/mol. The van der Waals surface area contributed by atoms with E-state index in [9.17, 15) is 9.59 Å². The summed E-state index contributed by atoms with van der Waals surface area (Å²) in [6.07, 6.45) is 1.66. The number of ether oxygens (including phenoxy) is 1. The molecule has 0 radical (unpaired) electrons. The number of hydrogen-bond donors (Lipinski definition) is 0. The molecule has 2 heterocycles. The normalized spacial score (nSPS) is 26.4. The summed E-state index contributed by atoms with van der Waals surface area (Å²) in [5, 5.41) is 3.00. The maximum atomic E-state index is 12.5. The minimum absolute atomic E-state index is 0.0572. The molecule has 0 amide bonds. The maximum absolute atomic E-state index is 12.5. The molecule has 2 rings (SSSR count). The molecule has 20 heavy (non-hydrogen) atoms. The molecule has 2 atom stereocenters. The number of carbonyl (C=O) groups excluding carboxylic acids is 2. The van der Waals surface area contributed by atoms with Crippen molar-refractivity contribution in [3.63, 3.8) is 0 Å². The molecule has 0 aliphatic carbocycles. The van der Waals surface area contributed by atoms with Crippen LogP contribution in [0.3, 0.4) is 0 Å². The summed E-state index contributed by atoms with van der Waals surface area (Å²) in [7, 11) is 0. The second-order valence-electron chi connectivity index (χ2n) is 5.28. The minimum atomic E-state index is -0.898. The second-order valence-corrected chi connectivity index (χ2v) is 6.20. The first-order chi connectivity index (χ1) is 9.51. The van der Waals surface area contributed by atoms with Gasteiger partial charge in [0.2, 0.25) is 0 Å². The Morgan fingerprint density at radius 1 is 1.55 bits per heavy atom. The van der Waals surface area contributed by atoms with E-state index in [1.807, 2.05) is 29.3 Å². The van der Waals surface area contributed by atoms with Gasteiger partial charge in [-0.3, -0.25) is 4.79 Å². The van der Waals surface area contributed by atoms with E-state index >= 15 is 0 Å². The lowest BCUT2D eigenvalue weighted by atomic mass is 9.75. The number of nitrogens with zero attached hydrogens (tertiary/aromatic N) is 1. The van der Waals surface area contributed by atoms with Crippen LogP contribution in [0.25, 0.3) is 0 Å². The Hall–Kier alpha value is -1.36. The number of thiophene rings is 1. The van der Waals surface area contributed by atoms with Crippen molar-refractivity contribution in [3.05, 3.63) is 17.5 Å². The van der Waals surface area contributed by atoms with E-state index in [4.69, 9.17) is 4.74 Å². The lowest BCUT2D eigenvalue weighted by Crippen LogP contribution is -2.62. The molecule has 1 aliphatic heterocycles. The van der Waals surface area contributed by atoms with Crippen LogP contribution in [0.4, 0.5) is 5.00 Å². The van der Waals surface area contributed by atoms with Crippen LogP contribution in [0, 0.1) is 5.92 Å². The average Bonchev–Trinajstić information content (AvgIpc) is 2.92. The van der Waals surface area contributed by atoms with Crippen LogP contribution in [-0.4, -0.2) is 30.4 Å². The van der Waals surface area contributed by atoms with Crippen LogP contribution in [0.15, 0.2) is 17.5 Å². The zero-order valence-corrected chi connectivity index (χ0v) is 13.0. The summed E-state index contributed by atoms with van der Waals surface area (Å²) < 4.78 is 5.26. The molecule has 1 fully saturated rings. The molecule has 5 heteroatoms. The summed E-state index contributed by atoms with van der Waals surface area (Å²) in [6.45, 7) is 6.31. The standard InChI is InChI=1S/C15H21NO3S/c1-4-19-14(18)15(3)12(11(2)17)7-5-9-16(15)13-8-6-10-20-13/h6,8,10,12H,4-5,7,9H2,1-3H3. The van der Waals surface area contributed by atoms with E-state index in [2.05, 4.69) is 0 Å². The lowest BCUT2D eigenvalue weighted by molar-refractivity contribution is -0.154. The average molecular weight is 295 g/mol. The van der Waals surface area contributed by atoms with Gasteiger partial charge in [-0.05, 0) is 51.1 Å². The highest BCUT2D eigenvalue weighted by Gasteiger charge is 2.51. The molecule has 0 saturated carbocycles. The fraction of sp³-hybridized carbons (Fsp3) is 0.600.